The maximum atomic E-state index is 12.2. The van der Waals surface area contributed by atoms with E-state index in [1.807, 2.05) is 6.07 Å². The Morgan fingerprint density at radius 2 is 2.17 bits per heavy atom. The SMILES string of the molecule is CN(C(=O)c1ccc(N)c(Br)c1)c1cccnc1. The number of hydrogen-bond acceptors (Lipinski definition) is 3. The smallest absolute Gasteiger partial charge is 0.258 e. The van der Waals surface area contributed by atoms with Gasteiger partial charge < -0.3 is 10.6 Å². The number of pyridine rings is 1. The van der Waals surface area contributed by atoms with Crippen LogP contribution in [0.1, 0.15) is 10.4 Å². The predicted octanol–water partition coefficient (Wildman–Crippen LogP) is 2.70. The Balaban J connectivity index is 2.29. The van der Waals surface area contributed by atoms with E-state index < -0.39 is 0 Å². The highest BCUT2D eigenvalue weighted by Gasteiger charge is 2.14. The van der Waals surface area contributed by atoms with Crippen molar-refractivity contribution in [3.63, 3.8) is 0 Å². The number of rotatable bonds is 2. The van der Waals surface area contributed by atoms with E-state index in [-0.39, 0.29) is 5.91 Å². The monoisotopic (exact) mass is 305 g/mol. The number of amides is 1. The van der Waals surface area contributed by atoms with Crippen LogP contribution in [0.25, 0.3) is 0 Å². The normalized spacial score (nSPS) is 10.1. The van der Waals surface area contributed by atoms with Gasteiger partial charge in [0.15, 0.2) is 0 Å². The van der Waals surface area contributed by atoms with E-state index in [2.05, 4.69) is 20.9 Å². The summed E-state index contributed by atoms with van der Waals surface area (Å²) < 4.78 is 0.716. The Bertz CT molecular complexity index is 572. The number of halogens is 1. The van der Waals surface area contributed by atoms with Crippen molar-refractivity contribution in [2.24, 2.45) is 0 Å². The largest absolute Gasteiger partial charge is 0.398 e. The summed E-state index contributed by atoms with van der Waals surface area (Å²) in [5.41, 5.74) is 7.62. The fraction of sp³-hybridized carbons (Fsp3) is 0.0769. The molecule has 0 aliphatic carbocycles. The number of carbonyl (C=O) groups is 1. The molecule has 5 heteroatoms. The van der Waals surface area contributed by atoms with Crippen LogP contribution in [0.15, 0.2) is 47.2 Å². The summed E-state index contributed by atoms with van der Waals surface area (Å²) >= 11 is 3.31. The molecule has 18 heavy (non-hydrogen) atoms. The van der Waals surface area contributed by atoms with Crippen molar-refractivity contribution < 1.29 is 4.79 Å². The summed E-state index contributed by atoms with van der Waals surface area (Å²) in [5.74, 6) is -0.108. The van der Waals surface area contributed by atoms with Gasteiger partial charge >= 0.3 is 0 Å². The minimum Gasteiger partial charge on any atom is -0.398 e. The summed E-state index contributed by atoms with van der Waals surface area (Å²) in [5, 5.41) is 0. The first-order valence-electron chi connectivity index (χ1n) is 5.32. The molecule has 1 heterocycles. The molecule has 92 valence electrons. The number of nitrogens with zero attached hydrogens (tertiary/aromatic N) is 2. The lowest BCUT2D eigenvalue weighted by atomic mass is 10.2. The second kappa shape index (κ2) is 5.18. The van der Waals surface area contributed by atoms with Crippen LogP contribution in [-0.4, -0.2) is 17.9 Å². The summed E-state index contributed by atoms with van der Waals surface area (Å²) in [6, 6.07) is 8.74. The number of nitrogen functional groups attached to an aromatic ring is 1. The highest BCUT2D eigenvalue weighted by molar-refractivity contribution is 9.10. The van der Waals surface area contributed by atoms with Crippen molar-refractivity contribution in [3.05, 3.63) is 52.8 Å². The van der Waals surface area contributed by atoms with Gasteiger partial charge in [-0.15, -0.1) is 0 Å². The second-order valence-corrected chi connectivity index (χ2v) is 4.67. The second-order valence-electron chi connectivity index (χ2n) is 3.81. The molecular weight excluding hydrogens is 294 g/mol. The molecule has 0 unspecified atom stereocenters. The van der Waals surface area contributed by atoms with Crippen molar-refractivity contribution in [2.75, 3.05) is 17.7 Å². The van der Waals surface area contributed by atoms with Gasteiger partial charge in [-0.25, -0.2) is 0 Å². The van der Waals surface area contributed by atoms with E-state index in [1.165, 1.54) is 0 Å². The lowest BCUT2D eigenvalue weighted by molar-refractivity contribution is 0.0993. The molecular formula is C13H12BrN3O. The van der Waals surface area contributed by atoms with Crippen LogP contribution in [0.4, 0.5) is 11.4 Å². The number of nitrogens with two attached hydrogens (primary N) is 1. The molecule has 0 fully saturated rings. The van der Waals surface area contributed by atoms with Gasteiger partial charge in [0, 0.05) is 29.0 Å². The molecule has 2 aromatic rings. The highest BCUT2D eigenvalue weighted by atomic mass is 79.9. The lowest BCUT2D eigenvalue weighted by Gasteiger charge is -2.17. The molecule has 0 atom stereocenters. The molecule has 2 N–H and O–H groups in total. The van der Waals surface area contributed by atoms with E-state index in [0.717, 1.165) is 5.69 Å². The fourth-order valence-electron chi connectivity index (χ4n) is 1.52. The molecule has 0 saturated carbocycles. The first-order valence-corrected chi connectivity index (χ1v) is 6.12. The van der Waals surface area contributed by atoms with Crippen molar-refractivity contribution in [3.8, 4) is 0 Å². The topological polar surface area (TPSA) is 59.2 Å². The minimum atomic E-state index is -0.108. The Hall–Kier alpha value is -1.88. The zero-order chi connectivity index (χ0) is 13.1. The molecule has 1 aromatic heterocycles. The van der Waals surface area contributed by atoms with Gasteiger partial charge in [0.1, 0.15) is 0 Å². The third kappa shape index (κ3) is 2.51. The Labute approximate surface area is 114 Å². The van der Waals surface area contributed by atoms with Gasteiger partial charge in [0.05, 0.1) is 11.9 Å². The number of anilines is 2. The predicted molar refractivity (Wildman–Crippen MR) is 75.5 cm³/mol. The van der Waals surface area contributed by atoms with Crippen LogP contribution in [0.5, 0.6) is 0 Å². The summed E-state index contributed by atoms with van der Waals surface area (Å²) in [7, 11) is 1.71. The molecule has 4 nitrogen and oxygen atoms in total. The Morgan fingerprint density at radius 1 is 1.39 bits per heavy atom. The first-order chi connectivity index (χ1) is 8.59. The molecule has 2 rings (SSSR count). The van der Waals surface area contributed by atoms with Gasteiger partial charge in [-0.1, -0.05) is 0 Å². The Morgan fingerprint density at radius 3 is 2.78 bits per heavy atom. The summed E-state index contributed by atoms with van der Waals surface area (Å²) in [6.45, 7) is 0. The number of hydrogen-bond donors (Lipinski definition) is 1. The van der Waals surface area contributed by atoms with Crippen molar-refractivity contribution in [1.82, 2.24) is 4.98 Å². The van der Waals surface area contributed by atoms with Crippen LogP contribution in [0.3, 0.4) is 0 Å². The van der Waals surface area contributed by atoms with Crippen LogP contribution in [0, 0.1) is 0 Å². The maximum Gasteiger partial charge on any atom is 0.258 e. The molecule has 0 bridgehead atoms. The molecule has 0 aliphatic heterocycles. The molecule has 0 aliphatic rings. The van der Waals surface area contributed by atoms with E-state index in [1.54, 1.807) is 48.6 Å². The van der Waals surface area contributed by atoms with Gasteiger partial charge in [0.2, 0.25) is 0 Å². The zero-order valence-corrected chi connectivity index (χ0v) is 11.4. The average Bonchev–Trinajstić information content (AvgIpc) is 2.41. The summed E-state index contributed by atoms with van der Waals surface area (Å²) in [6.07, 6.45) is 3.31. The standard InChI is InChI=1S/C13H12BrN3O/c1-17(10-3-2-6-16-8-10)13(18)9-4-5-12(15)11(14)7-9/h2-8H,15H2,1H3. The Kier molecular flexibility index (Phi) is 3.62. The minimum absolute atomic E-state index is 0.108. The average molecular weight is 306 g/mol. The molecule has 0 radical (unpaired) electrons. The van der Waals surface area contributed by atoms with Crippen molar-refractivity contribution >= 4 is 33.2 Å². The lowest BCUT2D eigenvalue weighted by Crippen LogP contribution is -2.26. The fourth-order valence-corrected chi connectivity index (χ4v) is 1.90. The van der Waals surface area contributed by atoms with Gasteiger partial charge in [-0.05, 0) is 46.3 Å². The zero-order valence-electron chi connectivity index (χ0n) is 9.80. The molecule has 0 spiro atoms. The van der Waals surface area contributed by atoms with E-state index in [4.69, 9.17) is 5.73 Å². The van der Waals surface area contributed by atoms with Crippen LogP contribution in [-0.2, 0) is 0 Å². The first kappa shape index (κ1) is 12.6. The van der Waals surface area contributed by atoms with Gasteiger partial charge in [-0.3, -0.25) is 9.78 Å². The summed E-state index contributed by atoms with van der Waals surface area (Å²) in [4.78, 5) is 17.8. The highest BCUT2D eigenvalue weighted by Crippen LogP contribution is 2.22. The van der Waals surface area contributed by atoms with Crippen molar-refractivity contribution in [1.29, 1.82) is 0 Å². The van der Waals surface area contributed by atoms with E-state index in [9.17, 15) is 4.79 Å². The third-order valence-corrected chi connectivity index (χ3v) is 3.27. The maximum absolute atomic E-state index is 12.2. The van der Waals surface area contributed by atoms with Crippen LogP contribution in [0.2, 0.25) is 0 Å². The number of benzene rings is 1. The van der Waals surface area contributed by atoms with Crippen LogP contribution < -0.4 is 10.6 Å². The van der Waals surface area contributed by atoms with Gasteiger partial charge in [0.25, 0.3) is 5.91 Å². The molecule has 0 saturated heterocycles. The number of aromatic nitrogens is 1. The number of carbonyl (C=O) groups excluding carboxylic acids is 1. The van der Waals surface area contributed by atoms with E-state index >= 15 is 0 Å². The van der Waals surface area contributed by atoms with E-state index in [0.29, 0.717) is 15.7 Å². The quantitative estimate of drug-likeness (QED) is 0.868. The van der Waals surface area contributed by atoms with Crippen molar-refractivity contribution in [2.45, 2.75) is 0 Å². The van der Waals surface area contributed by atoms with Crippen LogP contribution >= 0.6 is 15.9 Å². The third-order valence-electron chi connectivity index (χ3n) is 2.59. The molecule has 1 amide bonds. The van der Waals surface area contributed by atoms with Gasteiger partial charge in [-0.2, -0.15) is 0 Å². The molecule has 1 aromatic carbocycles.